The van der Waals surface area contributed by atoms with Gasteiger partial charge in [0, 0.05) is 0 Å². The lowest BCUT2D eigenvalue weighted by Gasteiger charge is -2.34. The van der Waals surface area contributed by atoms with Crippen LogP contribution in [0.1, 0.15) is 52.7 Å². The van der Waals surface area contributed by atoms with E-state index in [1.54, 1.807) is 0 Å². The Balaban J connectivity index is 1.99. The van der Waals surface area contributed by atoms with Gasteiger partial charge in [-0.25, -0.2) is 0 Å². The number of ether oxygens (including phenoxy) is 2. The maximum Gasteiger partial charge on any atom is 0.237 e. The van der Waals surface area contributed by atoms with Gasteiger partial charge in [-0.2, -0.15) is 0 Å². The van der Waals surface area contributed by atoms with Crippen LogP contribution < -0.4 is 22.1 Å². The van der Waals surface area contributed by atoms with Crippen molar-refractivity contribution < 1.29 is 19.1 Å². The van der Waals surface area contributed by atoms with Crippen molar-refractivity contribution >= 4 is 11.8 Å². The van der Waals surface area contributed by atoms with Gasteiger partial charge in [-0.15, -0.1) is 0 Å². The van der Waals surface area contributed by atoms with E-state index in [-0.39, 0.29) is 23.7 Å². The molecule has 0 unspecified atom stereocenters. The van der Waals surface area contributed by atoms with E-state index in [0.29, 0.717) is 12.8 Å². The van der Waals surface area contributed by atoms with Crippen molar-refractivity contribution in [3.63, 3.8) is 0 Å². The van der Waals surface area contributed by atoms with E-state index < -0.39 is 42.2 Å². The zero-order valence-electron chi connectivity index (χ0n) is 24.1. The van der Waals surface area contributed by atoms with Crippen molar-refractivity contribution in [2.24, 2.45) is 23.3 Å². The monoisotopic (exact) mass is 538 g/mol. The Labute approximate surface area is 233 Å². The number of nitrogens with two attached hydrogens (primary N) is 2. The van der Waals surface area contributed by atoms with Gasteiger partial charge in [0.05, 0.1) is 24.2 Å². The Kier molecular flexibility index (Phi) is 10.7. The van der Waals surface area contributed by atoms with Crippen LogP contribution in [0.2, 0.25) is 0 Å². The standard InChI is InChI=1S/C31H46N4O4/c1-19(2)25(32)29(36)34-23(17-21-13-9-7-10-14-21)27-28(39-31(5,6)38-27)24(18-22-15-11-8-12-16-22)35-30(37)26(33)20(3)4/h7-16,19-20,23-28H,17-18,32-33H2,1-6H3,(H,34,36)(H,35,37)/t23-,24-,25-,26-,27+,28+/m0/s1. The molecule has 0 bridgehead atoms. The minimum atomic E-state index is -0.936. The third-order valence-electron chi connectivity index (χ3n) is 7.25. The van der Waals surface area contributed by atoms with Gasteiger partial charge in [0.1, 0.15) is 12.2 Å². The van der Waals surface area contributed by atoms with Crippen molar-refractivity contribution in [2.75, 3.05) is 0 Å². The van der Waals surface area contributed by atoms with Crippen molar-refractivity contribution in [1.29, 1.82) is 0 Å². The molecule has 0 saturated carbocycles. The zero-order chi connectivity index (χ0) is 28.7. The third-order valence-corrected chi connectivity index (χ3v) is 7.25. The zero-order valence-corrected chi connectivity index (χ0v) is 24.1. The summed E-state index contributed by atoms with van der Waals surface area (Å²) in [5.41, 5.74) is 14.5. The highest BCUT2D eigenvalue weighted by Crippen LogP contribution is 2.34. The Morgan fingerprint density at radius 2 is 1.05 bits per heavy atom. The molecule has 0 aliphatic carbocycles. The Morgan fingerprint density at radius 3 is 1.36 bits per heavy atom. The molecular formula is C31H46N4O4. The second kappa shape index (κ2) is 13.5. The summed E-state index contributed by atoms with van der Waals surface area (Å²) >= 11 is 0. The van der Waals surface area contributed by atoms with Crippen LogP contribution in [0.3, 0.4) is 0 Å². The van der Waals surface area contributed by atoms with E-state index in [4.69, 9.17) is 20.9 Å². The first-order valence-corrected chi connectivity index (χ1v) is 13.9. The molecule has 2 aromatic carbocycles. The minimum absolute atomic E-state index is 0.0296. The molecule has 1 aliphatic heterocycles. The molecule has 1 aliphatic rings. The maximum atomic E-state index is 13.2. The van der Waals surface area contributed by atoms with E-state index in [9.17, 15) is 9.59 Å². The first-order valence-electron chi connectivity index (χ1n) is 13.9. The van der Waals surface area contributed by atoms with Gasteiger partial charge in [0.15, 0.2) is 5.79 Å². The quantitative estimate of drug-likeness (QED) is 0.329. The van der Waals surface area contributed by atoms with Gasteiger partial charge in [-0.05, 0) is 49.7 Å². The van der Waals surface area contributed by atoms with Crippen molar-refractivity contribution in [1.82, 2.24) is 10.6 Å². The van der Waals surface area contributed by atoms with Crippen LogP contribution >= 0.6 is 0 Å². The molecule has 1 saturated heterocycles. The lowest BCUT2D eigenvalue weighted by atomic mass is 9.90. The smallest absolute Gasteiger partial charge is 0.237 e. The molecule has 0 aromatic heterocycles. The SMILES string of the molecule is CC(C)[C@H](N)C(=O)N[C@@H](Cc1ccccc1)[C@H]1OC(C)(C)O[C@@H]1[C@H](Cc1ccccc1)NC(=O)[C@@H](N)C(C)C. The van der Waals surface area contributed by atoms with E-state index in [1.807, 2.05) is 102 Å². The number of hydrogen-bond acceptors (Lipinski definition) is 6. The predicted molar refractivity (Wildman–Crippen MR) is 154 cm³/mol. The van der Waals surface area contributed by atoms with Gasteiger partial charge in [0.25, 0.3) is 0 Å². The van der Waals surface area contributed by atoms with E-state index in [0.717, 1.165) is 11.1 Å². The average Bonchev–Trinajstić information content (AvgIpc) is 3.23. The summed E-state index contributed by atoms with van der Waals surface area (Å²) in [6.45, 7) is 11.4. The fraction of sp³-hybridized carbons (Fsp3) is 0.548. The Bertz CT molecular complexity index is 977. The number of benzene rings is 2. The van der Waals surface area contributed by atoms with Crippen molar-refractivity contribution in [3.8, 4) is 0 Å². The van der Waals surface area contributed by atoms with E-state index in [2.05, 4.69) is 10.6 Å². The molecular weight excluding hydrogens is 492 g/mol. The summed E-state index contributed by atoms with van der Waals surface area (Å²) in [6, 6.07) is 17.6. The highest BCUT2D eigenvalue weighted by Gasteiger charge is 2.49. The number of hydrogen-bond donors (Lipinski definition) is 4. The molecule has 1 heterocycles. The summed E-state index contributed by atoms with van der Waals surface area (Å²) in [7, 11) is 0. The molecule has 6 N–H and O–H groups in total. The first kappa shape index (κ1) is 30.8. The van der Waals surface area contributed by atoms with Gasteiger partial charge in [0.2, 0.25) is 11.8 Å². The second-order valence-electron chi connectivity index (χ2n) is 11.7. The van der Waals surface area contributed by atoms with Gasteiger partial charge >= 0.3 is 0 Å². The molecule has 214 valence electrons. The molecule has 6 atom stereocenters. The molecule has 1 fully saturated rings. The lowest BCUT2D eigenvalue weighted by Crippen LogP contribution is -2.59. The minimum Gasteiger partial charge on any atom is -0.349 e. The van der Waals surface area contributed by atoms with Gasteiger partial charge < -0.3 is 31.6 Å². The summed E-state index contributed by atoms with van der Waals surface area (Å²) in [6.07, 6.45) is -0.106. The largest absolute Gasteiger partial charge is 0.349 e. The van der Waals surface area contributed by atoms with Gasteiger partial charge in [-0.1, -0.05) is 88.4 Å². The summed E-state index contributed by atoms with van der Waals surface area (Å²) in [4.78, 5) is 26.4. The Morgan fingerprint density at radius 1 is 0.718 bits per heavy atom. The van der Waals surface area contributed by atoms with E-state index >= 15 is 0 Å². The number of nitrogens with one attached hydrogen (secondary N) is 2. The van der Waals surface area contributed by atoms with Gasteiger partial charge in [-0.3, -0.25) is 9.59 Å². The van der Waals surface area contributed by atoms with Crippen LogP contribution in [0, 0.1) is 11.8 Å². The van der Waals surface area contributed by atoms with Crippen LogP contribution in [-0.2, 0) is 31.9 Å². The first-order chi connectivity index (χ1) is 18.4. The fourth-order valence-electron chi connectivity index (χ4n) is 4.84. The maximum absolute atomic E-state index is 13.2. The normalized spacial score (nSPS) is 21.8. The molecule has 39 heavy (non-hydrogen) atoms. The number of rotatable bonds is 12. The molecule has 8 nitrogen and oxygen atoms in total. The van der Waals surface area contributed by atoms with E-state index in [1.165, 1.54) is 0 Å². The van der Waals surface area contributed by atoms with Crippen LogP contribution in [-0.4, -0.2) is 54.0 Å². The van der Waals surface area contributed by atoms with Crippen molar-refractivity contribution in [2.45, 2.75) is 96.5 Å². The highest BCUT2D eigenvalue weighted by molar-refractivity contribution is 5.82. The summed E-state index contributed by atoms with van der Waals surface area (Å²) < 4.78 is 13.0. The molecule has 2 amide bonds. The predicted octanol–water partition coefficient (Wildman–Crippen LogP) is 2.93. The topological polar surface area (TPSA) is 129 Å². The van der Waals surface area contributed by atoms with Crippen LogP contribution in [0.25, 0.3) is 0 Å². The number of carbonyl (C=O) groups is 2. The lowest BCUT2D eigenvalue weighted by molar-refractivity contribution is -0.152. The van der Waals surface area contributed by atoms with Crippen LogP contribution in [0.4, 0.5) is 0 Å². The highest BCUT2D eigenvalue weighted by atomic mass is 16.8. The van der Waals surface area contributed by atoms with Crippen LogP contribution in [0.15, 0.2) is 60.7 Å². The molecule has 0 radical (unpaired) electrons. The summed E-state index contributed by atoms with van der Waals surface area (Å²) in [5.74, 6) is -1.49. The molecule has 2 aromatic rings. The fourth-order valence-corrected chi connectivity index (χ4v) is 4.84. The molecule has 0 spiro atoms. The van der Waals surface area contributed by atoms with Crippen molar-refractivity contribution in [3.05, 3.63) is 71.8 Å². The number of carbonyl (C=O) groups excluding carboxylic acids is 2. The molecule has 3 rings (SSSR count). The Hall–Kier alpha value is -2.78. The molecule has 8 heteroatoms. The average molecular weight is 539 g/mol. The number of amides is 2. The second-order valence-corrected chi connectivity index (χ2v) is 11.7. The third kappa shape index (κ3) is 8.60. The summed E-state index contributed by atoms with van der Waals surface area (Å²) in [5, 5.41) is 6.33. The van der Waals surface area contributed by atoms with Crippen LogP contribution in [0.5, 0.6) is 0 Å².